The van der Waals surface area contributed by atoms with Gasteiger partial charge >= 0.3 is 0 Å². The lowest BCUT2D eigenvalue weighted by atomic mass is 9.95. The summed E-state index contributed by atoms with van der Waals surface area (Å²) >= 11 is 0. The molecule has 2 rings (SSSR count). The highest BCUT2D eigenvalue weighted by Crippen LogP contribution is 2.39. The quantitative estimate of drug-likeness (QED) is 0.618. The van der Waals surface area contributed by atoms with Crippen molar-refractivity contribution in [1.29, 1.82) is 0 Å². The molecular formula is C8H15FN2O. The first-order valence-electron chi connectivity index (χ1n) is 4.48. The lowest BCUT2D eigenvalue weighted by Crippen LogP contribution is -2.43. The number of rotatable bonds is 2. The molecule has 0 radical (unpaired) electrons. The molecule has 0 spiro atoms. The van der Waals surface area contributed by atoms with E-state index in [0.29, 0.717) is 19.6 Å². The Bertz CT molecular complexity index is 178. The van der Waals surface area contributed by atoms with Gasteiger partial charge in [-0.1, -0.05) is 0 Å². The molecule has 2 saturated heterocycles. The smallest absolute Gasteiger partial charge is 0.115 e. The molecule has 0 unspecified atom stereocenters. The summed E-state index contributed by atoms with van der Waals surface area (Å²) in [6.45, 7) is 2.06. The van der Waals surface area contributed by atoms with Gasteiger partial charge in [-0.3, -0.25) is 4.90 Å². The van der Waals surface area contributed by atoms with E-state index >= 15 is 0 Å². The summed E-state index contributed by atoms with van der Waals surface area (Å²) in [5.41, 5.74) is -0.0613. The fourth-order valence-electron chi connectivity index (χ4n) is 2.60. The monoisotopic (exact) mass is 174 g/mol. The number of hydrogen-bond donors (Lipinski definition) is 1. The zero-order chi connectivity index (χ0) is 8.60. The van der Waals surface area contributed by atoms with Gasteiger partial charge in [0.1, 0.15) is 6.17 Å². The summed E-state index contributed by atoms with van der Waals surface area (Å²) in [5.74, 6) is 5.06. The Hall–Kier alpha value is -0.190. The van der Waals surface area contributed by atoms with Crippen LogP contribution in [0.1, 0.15) is 19.3 Å². The van der Waals surface area contributed by atoms with Crippen LogP contribution in [-0.4, -0.2) is 36.3 Å². The second-order valence-corrected chi connectivity index (χ2v) is 3.89. The van der Waals surface area contributed by atoms with E-state index in [0.717, 1.165) is 19.4 Å². The van der Waals surface area contributed by atoms with E-state index in [1.807, 2.05) is 0 Å². The van der Waals surface area contributed by atoms with Gasteiger partial charge in [0.25, 0.3) is 0 Å². The largest absolute Gasteiger partial charge is 0.303 e. The van der Waals surface area contributed by atoms with Gasteiger partial charge < -0.3 is 4.84 Å². The predicted octanol–water partition coefficient (Wildman–Crippen LogP) is 0.453. The van der Waals surface area contributed by atoms with Gasteiger partial charge in [-0.2, -0.15) is 0 Å². The first kappa shape index (κ1) is 8.41. The van der Waals surface area contributed by atoms with Crippen LogP contribution in [0.15, 0.2) is 0 Å². The van der Waals surface area contributed by atoms with Crippen molar-refractivity contribution in [3.63, 3.8) is 0 Å². The van der Waals surface area contributed by atoms with Gasteiger partial charge in [-0.15, -0.1) is 0 Å². The maximum absolute atomic E-state index is 13.1. The second kappa shape index (κ2) is 2.94. The molecule has 4 heteroatoms. The third kappa shape index (κ3) is 1.14. The summed E-state index contributed by atoms with van der Waals surface area (Å²) in [5, 5.41) is 0. The minimum Gasteiger partial charge on any atom is -0.303 e. The Morgan fingerprint density at radius 1 is 1.67 bits per heavy atom. The second-order valence-electron chi connectivity index (χ2n) is 3.89. The van der Waals surface area contributed by atoms with E-state index in [-0.39, 0.29) is 5.54 Å². The van der Waals surface area contributed by atoms with E-state index in [2.05, 4.69) is 9.74 Å². The number of alkyl halides is 1. The van der Waals surface area contributed by atoms with Gasteiger partial charge in [0.2, 0.25) is 0 Å². The number of halogens is 1. The van der Waals surface area contributed by atoms with Gasteiger partial charge in [-0.05, 0) is 19.4 Å². The molecule has 70 valence electrons. The Labute approximate surface area is 71.6 Å². The van der Waals surface area contributed by atoms with Crippen molar-refractivity contribution < 1.29 is 9.23 Å². The Kier molecular flexibility index (Phi) is 2.06. The molecule has 0 amide bonds. The van der Waals surface area contributed by atoms with E-state index in [1.54, 1.807) is 0 Å². The van der Waals surface area contributed by atoms with Gasteiger partial charge in [-0.25, -0.2) is 10.3 Å². The van der Waals surface area contributed by atoms with Crippen molar-refractivity contribution in [2.24, 2.45) is 5.90 Å². The van der Waals surface area contributed by atoms with Crippen LogP contribution >= 0.6 is 0 Å². The van der Waals surface area contributed by atoms with Crippen LogP contribution in [0.2, 0.25) is 0 Å². The van der Waals surface area contributed by atoms with Crippen molar-refractivity contribution in [3.8, 4) is 0 Å². The highest BCUT2D eigenvalue weighted by molar-refractivity contribution is 5.03. The SMILES string of the molecule is NOC[C@]12CCCN1C[C@@H](F)C2. The third-order valence-corrected chi connectivity index (χ3v) is 3.11. The van der Waals surface area contributed by atoms with Crippen LogP contribution in [0.5, 0.6) is 0 Å². The Balaban J connectivity index is 2.09. The molecule has 0 bridgehead atoms. The third-order valence-electron chi connectivity index (χ3n) is 3.11. The molecule has 0 saturated carbocycles. The number of nitrogens with zero attached hydrogens (tertiary/aromatic N) is 1. The minimum atomic E-state index is -0.680. The number of hydrogen-bond acceptors (Lipinski definition) is 3. The molecule has 2 fully saturated rings. The van der Waals surface area contributed by atoms with Gasteiger partial charge in [0.15, 0.2) is 0 Å². The van der Waals surface area contributed by atoms with E-state index in [9.17, 15) is 4.39 Å². The maximum atomic E-state index is 13.1. The molecule has 0 aliphatic carbocycles. The molecule has 0 aromatic heterocycles. The summed E-state index contributed by atoms with van der Waals surface area (Å²) < 4.78 is 13.1. The van der Waals surface area contributed by atoms with Crippen LogP contribution in [0.25, 0.3) is 0 Å². The summed E-state index contributed by atoms with van der Waals surface area (Å²) in [4.78, 5) is 6.86. The average molecular weight is 174 g/mol. The van der Waals surface area contributed by atoms with Crippen molar-refractivity contribution in [1.82, 2.24) is 4.90 Å². The molecule has 0 aromatic rings. The lowest BCUT2D eigenvalue weighted by molar-refractivity contribution is 0.0348. The van der Waals surface area contributed by atoms with Crippen LogP contribution in [-0.2, 0) is 4.84 Å². The predicted molar refractivity (Wildman–Crippen MR) is 43.2 cm³/mol. The molecular weight excluding hydrogens is 159 g/mol. The molecule has 3 nitrogen and oxygen atoms in total. The molecule has 2 aliphatic rings. The molecule has 2 aliphatic heterocycles. The van der Waals surface area contributed by atoms with Gasteiger partial charge in [0, 0.05) is 18.5 Å². The van der Waals surface area contributed by atoms with E-state index in [1.165, 1.54) is 0 Å². The Morgan fingerprint density at radius 3 is 3.25 bits per heavy atom. The molecule has 12 heavy (non-hydrogen) atoms. The zero-order valence-corrected chi connectivity index (χ0v) is 7.13. The first-order valence-corrected chi connectivity index (χ1v) is 4.48. The summed E-state index contributed by atoms with van der Waals surface area (Å²) in [6, 6.07) is 0. The molecule has 2 heterocycles. The minimum absolute atomic E-state index is 0.0613. The van der Waals surface area contributed by atoms with Crippen LogP contribution in [0.4, 0.5) is 4.39 Å². The van der Waals surface area contributed by atoms with Crippen molar-refractivity contribution in [2.75, 3.05) is 19.7 Å². The topological polar surface area (TPSA) is 38.5 Å². The maximum Gasteiger partial charge on any atom is 0.115 e. The van der Waals surface area contributed by atoms with E-state index in [4.69, 9.17) is 5.90 Å². The zero-order valence-electron chi connectivity index (χ0n) is 7.13. The highest BCUT2D eigenvalue weighted by Gasteiger charge is 2.48. The van der Waals surface area contributed by atoms with Crippen LogP contribution in [0.3, 0.4) is 0 Å². The standard InChI is InChI=1S/C8H15FN2O/c9-7-4-8(6-12-10)2-1-3-11(8)5-7/h7H,1-6,10H2/t7-,8+/m0/s1. The number of fused-ring (bicyclic) bond motifs is 1. The van der Waals surface area contributed by atoms with Gasteiger partial charge in [0.05, 0.1) is 6.61 Å². The molecule has 2 atom stereocenters. The first-order chi connectivity index (χ1) is 5.77. The Morgan fingerprint density at radius 2 is 2.50 bits per heavy atom. The highest BCUT2D eigenvalue weighted by atomic mass is 19.1. The fourth-order valence-corrected chi connectivity index (χ4v) is 2.60. The fraction of sp³-hybridized carbons (Fsp3) is 1.00. The lowest BCUT2D eigenvalue weighted by Gasteiger charge is -2.29. The van der Waals surface area contributed by atoms with Crippen molar-refractivity contribution in [3.05, 3.63) is 0 Å². The number of nitrogens with two attached hydrogens (primary N) is 1. The molecule has 2 N–H and O–H groups in total. The average Bonchev–Trinajstić information content (AvgIpc) is 2.44. The van der Waals surface area contributed by atoms with Crippen LogP contribution in [0, 0.1) is 0 Å². The van der Waals surface area contributed by atoms with Crippen molar-refractivity contribution >= 4 is 0 Å². The van der Waals surface area contributed by atoms with E-state index < -0.39 is 6.17 Å². The summed E-state index contributed by atoms with van der Waals surface area (Å²) in [6.07, 6.45) is 2.10. The van der Waals surface area contributed by atoms with Crippen molar-refractivity contribution in [2.45, 2.75) is 31.0 Å². The van der Waals surface area contributed by atoms with Crippen LogP contribution < -0.4 is 5.90 Å². The normalized spacial score (nSPS) is 42.0. The molecule has 0 aromatic carbocycles. The summed E-state index contributed by atoms with van der Waals surface area (Å²) in [7, 11) is 0.